The van der Waals surface area contributed by atoms with E-state index in [9.17, 15) is 0 Å². The highest BCUT2D eigenvalue weighted by atomic mass is 79.9. The van der Waals surface area contributed by atoms with Gasteiger partial charge in [-0.2, -0.15) is 0 Å². The van der Waals surface area contributed by atoms with Crippen molar-refractivity contribution >= 4 is 27.3 Å². The van der Waals surface area contributed by atoms with Gasteiger partial charge in [0.1, 0.15) is 0 Å². The first-order chi connectivity index (χ1) is 7.16. The van der Waals surface area contributed by atoms with Crippen molar-refractivity contribution in [3.05, 3.63) is 21.4 Å². The molecule has 2 heteroatoms. The molecule has 2 rings (SSSR count). The Morgan fingerprint density at radius 3 is 2.60 bits per heavy atom. The normalized spacial score (nSPS) is 19.7. The third kappa shape index (κ3) is 2.85. The van der Waals surface area contributed by atoms with E-state index in [1.807, 2.05) is 11.3 Å². The molecule has 0 nitrogen and oxygen atoms in total. The Morgan fingerprint density at radius 2 is 2.07 bits per heavy atom. The van der Waals surface area contributed by atoms with E-state index >= 15 is 0 Å². The van der Waals surface area contributed by atoms with Crippen LogP contribution in [0.15, 0.2) is 6.07 Å². The zero-order valence-corrected chi connectivity index (χ0v) is 12.0. The lowest BCUT2D eigenvalue weighted by atomic mass is 9.98. The standard InChI is InChI=1S/C13H19BrS/c1-9-7-12(10(2)15-9)13(14)8-11-5-3-4-6-11/h7,11,13H,3-6,8H2,1-2H3. The van der Waals surface area contributed by atoms with Crippen molar-refractivity contribution in [2.75, 3.05) is 0 Å². The van der Waals surface area contributed by atoms with E-state index in [1.54, 1.807) is 0 Å². The molecule has 0 radical (unpaired) electrons. The minimum absolute atomic E-state index is 0.588. The summed E-state index contributed by atoms with van der Waals surface area (Å²) in [4.78, 5) is 3.52. The molecule has 0 bridgehead atoms. The van der Waals surface area contributed by atoms with E-state index in [0.29, 0.717) is 4.83 Å². The molecule has 1 aliphatic carbocycles. The van der Waals surface area contributed by atoms with Gasteiger partial charge in [0.15, 0.2) is 0 Å². The maximum Gasteiger partial charge on any atom is 0.0408 e. The smallest absolute Gasteiger partial charge is 0.0408 e. The zero-order valence-electron chi connectivity index (χ0n) is 9.55. The van der Waals surface area contributed by atoms with Crippen LogP contribution in [0.5, 0.6) is 0 Å². The number of aryl methyl sites for hydroxylation is 2. The van der Waals surface area contributed by atoms with Crippen LogP contribution in [0.2, 0.25) is 0 Å². The van der Waals surface area contributed by atoms with Crippen LogP contribution in [0, 0.1) is 19.8 Å². The van der Waals surface area contributed by atoms with Crippen LogP contribution in [-0.4, -0.2) is 0 Å². The Labute approximate surface area is 105 Å². The van der Waals surface area contributed by atoms with E-state index in [-0.39, 0.29) is 0 Å². The Bertz CT molecular complexity index is 323. The van der Waals surface area contributed by atoms with Gasteiger partial charge in [0.25, 0.3) is 0 Å². The zero-order chi connectivity index (χ0) is 10.8. The Morgan fingerprint density at radius 1 is 1.40 bits per heavy atom. The van der Waals surface area contributed by atoms with Crippen LogP contribution < -0.4 is 0 Å². The minimum Gasteiger partial charge on any atom is -0.146 e. The molecule has 0 saturated heterocycles. The summed E-state index contributed by atoms with van der Waals surface area (Å²) in [7, 11) is 0. The lowest BCUT2D eigenvalue weighted by Crippen LogP contribution is -1.99. The fourth-order valence-electron chi connectivity index (χ4n) is 2.63. The Hall–Kier alpha value is 0.180. The third-order valence-corrected chi connectivity index (χ3v) is 5.28. The lowest BCUT2D eigenvalue weighted by molar-refractivity contribution is 0.501. The average molecular weight is 287 g/mol. The number of hydrogen-bond donors (Lipinski definition) is 0. The fraction of sp³-hybridized carbons (Fsp3) is 0.692. The summed E-state index contributed by atoms with van der Waals surface area (Å²) in [6, 6.07) is 2.36. The summed E-state index contributed by atoms with van der Waals surface area (Å²) in [5, 5.41) is 0. The van der Waals surface area contributed by atoms with Crippen molar-refractivity contribution in [2.24, 2.45) is 5.92 Å². The van der Waals surface area contributed by atoms with Crippen molar-refractivity contribution in [3.8, 4) is 0 Å². The second kappa shape index (κ2) is 5.01. The summed E-state index contributed by atoms with van der Waals surface area (Å²) < 4.78 is 0. The van der Waals surface area contributed by atoms with Crippen molar-refractivity contribution in [2.45, 2.75) is 50.8 Å². The fourth-order valence-corrected chi connectivity index (χ4v) is 4.77. The van der Waals surface area contributed by atoms with Gasteiger partial charge in [-0.25, -0.2) is 0 Å². The first kappa shape index (κ1) is 11.7. The maximum absolute atomic E-state index is 3.87. The van der Waals surface area contributed by atoms with Crippen molar-refractivity contribution in [3.63, 3.8) is 0 Å². The molecule has 1 atom stereocenters. The monoisotopic (exact) mass is 286 g/mol. The number of hydrogen-bond acceptors (Lipinski definition) is 1. The van der Waals surface area contributed by atoms with Crippen LogP contribution in [-0.2, 0) is 0 Å². The van der Waals surface area contributed by atoms with Crippen LogP contribution in [0.1, 0.15) is 52.2 Å². The topological polar surface area (TPSA) is 0 Å². The molecule has 0 aromatic carbocycles. The van der Waals surface area contributed by atoms with E-state index in [0.717, 1.165) is 5.92 Å². The van der Waals surface area contributed by atoms with Gasteiger partial charge in [0, 0.05) is 14.6 Å². The molecule has 1 unspecified atom stereocenters. The molecule has 1 saturated carbocycles. The predicted octanol–water partition coefficient (Wildman–Crippen LogP) is 5.38. The molecule has 1 aromatic heterocycles. The number of thiophene rings is 1. The first-order valence-corrected chi connectivity index (χ1v) is 7.61. The summed E-state index contributed by atoms with van der Waals surface area (Å²) in [6.07, 6.45) is 7.13. The highest BCUT2D eigenvalue weighted by Gasteiger charge is 2.21. The van der Waals surface area contributed by atoms with Gasteiger partial charge < -0.3 is 0 Å². The van der Waals surface area contributed by atoms with Gasteiger partial charge in [-0.1, -0.05) is 41.6 Å². The second-order valence-electron chi connectivity index (χ2n) is 4.72. The van der Waals surface area contributed by atoms with Gasteiger partial charge in [0.05, 0.1) is 0 Å². The number of alkyl halides is 1. The molecule has 0 amide bonds. The quantitative estimate of drug-likeness (QED) is 0.655. The molecular weight excluding hydrogens is 268 g/mol. The van der Waals surface area contributed by atoms with Gasteiger partial charge in [-0.05, 0) is 37.8 Å². The molecule has 0 spiro atoms. The molecule has 1 aliphatic rings. The van der Waals surface area contributed by atoms with Gasteiger partial charge >= 0.3 is 0 Å². The summed E-state index contributed by atoms with van der Waals surface area (Å²) in [5.74, 6) is 0.967. The first-order valence-electron chi connectivity index (χ1n) is 5.88. The Kier molecular flexibility index (Phi) is 3.89. The summed E-state index contributed by atoms with van der Waals surface area (Å²) >= 11 is 5.79. The van der Waals surface area contributed by atoms with Gasteiger partial charge in [-0.15, -0.1) is 11.3 Å². The summed E-state index contributed by atoms with van der Waals surface area (Å²) in [6.45, 7) is 4.45. The SMILES string of the molecule is Cc1cc(C(Br)CC2CCCC2)c(C)s1. The maximum atomic E-state index is 3.87. The van der Waals surface area contributed by atoms with Crippen molar-refractivity contribution < 1.29 is 0 Å². The average Bonchev–Trinajstić information content (AvgIpc) is 2.75. The molecule has 84 valence electrons. The van der Waals surface area contributed by atoms with E-state index in [4.69, 9.17) is 0 Å². The minimum atomic E-state index is 0.588. The van der Waals surface area contributed by atoms with Crippen LogP contribution in [0.4, 0.5) is 0 Å². The molecule has 0 aliphatic heterocycles. The van der Waals surface area contributed by atoms with Crippen LogP contribution >= 0.6 is 27.3 Å². The lowest BCUT2D eigenvalue weighted by Gasteiger charge is -2.14. The molecule has 1 aromatic rings. The molecule has 1 heterocycles. The van der Waals surface area contributed by atoms with Crippen LogP contribution in [0.3, 0.4) is 0 Å². The molecule has 1 fully saturated rings. The highest BCUT2D eigenvalue weighted by molar-refractivity contribution is 9.09. The van der Waals surface area contributed by atoms with Gasteiger partial charge in [-0.3, -0.25) is 0 Å². The van der Waals surface area contributed by atoms with Crippen molar-refractivity contribution in [1.82, 2.24) is 0 Å². The largest absolute Gasteiger partial charge is 0.146 e. The van der Waals surface area contributed by atoms with Crippen molar-refractivity contribution in [1.29, 1.82) is 0 Å². The van der Waals surface area contributed by atoms with E-state index < -0.39 is 0 Å². The number of halogens is 1. The molecule has 15 heavy (non-hydrogen) atoms. The predicted molar refractivity (Wildman–Crippen MR) is 72.0 cm³/mol. The van der Waals surface area contributed by atoms with E-state index in [1.165, 1.54) is 47.4 Å². The molecule has 0 N–H and O–H groups in total. The van der Waals surface area contributed by atoms with Gasteiger partial charge in [0.2, 0.25) is 0 Å². The highest BCUT2D eigenvalue weighted by Crippen LogP contribution is 2.40. The third-order valence-electron chi connectivity index (χ3n) is 3.43. The van der Waals surface area contributed by atoms with Crippen LogP contribution in [0.25, 0.3) is 0 Å². The summed E-state index contributed by atoms with van der Waals surface area (Å²) in [5.41, 5.74) is 1.53. The molecular formula is C13H19BrS. The Balaban J connectivity index is 2.00. The second-order valence-corrected chi connectivity index (χ2v) is 7.29. The number of rotatable bonds is 3. The van der Waals surface area contributed by atoms with E-state index in [2.05, 4.69) is 35.8 Å².